The van der Waals surface area contributed by atoms with Crippen LogP contribution in [-0.4, -0.2) is 12.1 Å². The molecule has 1 fully saturated rings. The third-order valence-electron chi connectivity index (χ3n) is 3.41. The Morgan fingerprint density at radius 1 is 1.44 bits per heavy atom. The average Bonchev–Trinajstić information content (AvgIpc) is 3.08. The molecule has 84 valence electrons. The second-order valence-corrected chi connectivity index (χ2v) is 4.52. The Hall–Kier alpha value is -1.48. The van der Waals surface area contributed by atoms with E-state index in [0.29, 0.717) is 5.92 Å². The van der Waals surface area contributed by atoms with Crippen LogP contribution in [0.5, 0.6) is 5.75 Å². The van der Waals surface area contributed by atoms with Gasteiger partial charge in [0.2, 0.25) is 0 Å². The number of benzene rings is 1. The van der Waals surface area contributed by atoms with Crippen LogP contribution in [0.3, 0.4) is 0 Å². The fourth-order valence-electron chi connectivity index (χ4n) is 2.23. The van der Waals surface area contributed by atoms with Crippen molar-refractivity contribution in [2.45, 2.75) is 18.9 Å². The summed E-state index contributed by atoms with van der Waals surface area (Å²) >= 11 is 0. The zero-order valence-corrected chi connectivity index (χ0v) is 9.36. The molecule has 2 aromatic rings. The number of aromatic amines is 1. The van der Waals surface area contributed by atoms with Gasteiger partial charge in [-0.05, 0) is 42.5 Å². The van der Waals surface area contributed by atoms with Crippen molar-refractivity contribution in [1.29, 1.82) is 0 Å². The summed E-state index contributed by atoms with van der Waals surface area (Å²) in [6.45, 7) is 0. The fourth-order valence-corrected chi connectivity index (χ4v) is 2.23. The maximum absolute atomic E-state index is 6.24. The number of fused-ring (bicyclic) bond motifs is 1. The Morgan fingerprint density at radius 2 is 2.25 bits per heavy atom. The highest BCUT2D eigenvalue weighted by Crippen LogP contribution is 2.41. The van der Waals surface area contributed by atoms with Crippen molar-refractivity contribution in [3.05, 3.63) is 30.0 Å². The fraction of sp³-hybridized carbons (Fsp3) is 0.385. The van der Waals surface area contributed by atoms with Crippen LogP contribution in [0.1, 0.15) is 24.4 Å². The number of methoxy groups -OCH3 is 1. The maximum Gasteiger partial charge on any atom is 0.119 e. The molecule has 1 aliphatic rings. The minimum Gasteiger partial charge on any atom is -0.497 e. The van der Waals surface area contributed by atoms with Crippen molar-refractivity contribution >= 4 is 10.9 Å². The van der Waals surface area contributed by atoms with Crippen LogP contribution < -0.4 is 10.5 Å². The zero-order chi connectivity index (χ0) is 11.1. The van der Waals surface area contributed by atoms with Gasteiger partial charge in [-0.3, -0.25) is 0 Å². The first-order chi connectivity index (χ1) is 7.79. The van der Waals surface area contributed by atoms with E-state index in [2.05, 4.69) is 11.1 Å². The summed E-state index contributed by atoms with van der Waals surface area (Å²) < 4.78 is 5.25. The average molecular weight is 216 g/mol. The molecule has 1 aliphatic carbocycles. The van der Waals surface area contributed by atoms with Crippen molar-refractivity contribution in [3.8, 4) is 5.75 Å². The number of hydrogen-bond acceptors (Lipinski definition) is 2. The summed E-state index contributed by atoms with van der Waals surface area (Å²) in [7, 11) is 1.69. The number of hydrogen-bond donors (Lipinski definition) is 2. The zero-order valence-electron chi connectivity index (χ0n) is 9.36. The number of ether oxygens (including phenoxy) is 1. The highest BCUT2D eigenvalue weighted by atomic mass is 16.5. The third kappa shape index (κ3) is 1.48. The lowest BCUT2D eigenvalue weighted by molar-refractivity contribution is 0.415. The summed E-state index contributed by atoms with van der Waals surface area (Å²) in [6.07, 6.45) is 4.56. The van der Waals surface area contributed by atoms with E-state index in [1.54, 1.807) is 7.11 Å². The van der Waals surface area contributed by atoms with Crippen molar-refractivity contribution < 1.29 is 4.74 Å². The summed E-state index contributed by atoms with van der Waals surface area (Å²) in [5.74, 6) is 1.56. The Labute approximate surface area is 94.6 Å². The molecule has 1 aromatic heterocycles. The van der Waals surface area contributed by atoms with Gasteiger partial charge in [0.05, 0.1) is 7.11 Å². The molecule has 1 heterocycles. The van der Waals surface area contributed by atoms with E-state index >= 15 is 0 Å². The first-order valence-corrected chi connectivity index (χ1v) is 5.70. The van der Waals surface area contributed by atoms with Gasteiger partial charge in [-0.15, -0.1) is 0 Å². The van der Waals surface area contributed by atoms with E-state index in [4.69, 9.17) is 10.5 Å². The minimum absolute atomic E-state index is 0.167. The Morgan fingerprint density at radius 3 is 2.94 bits per heavy atom. The summed E-state index contributed by atoms with van der Waals surface area (Å²) in [5.41, 5.74) is 8.59. The molecule has 1 aromatic carbocycles. The molecule has 0 aliphatic heterocycles. The predicted octanol–water partition coefficient (Wildman–Crippen LogP) is 2.59. The molecule has 0 radical (unpaired) electrons. The van der Waals surface area contributed by atoms with Crippen LogP contribution in [0.4, 0.5) is 0 Å². The molecular weight excluding hydrogens is 200 g/mol. The van der Waals surface area contributed by atoms with Crippen LogP contribution in [0.25, 0.3) is 10.9 Å². The van der Waals surface area contributed by atoms with Crippen molar-refractivity contribution in [3.63, 3.8) is 0 Å². The molecule has 0 spiro atoms. The largest absolute Gasteiger partial charge is 0.497 e. The van der Waals surface area contributed by atoms with Gasteiger partial charge in [0, 0.05) is 23.1 Å². The molecule has 3 heteroatoms. The van der Waals surface area contributed by atoms with E-state index in [-0.39, 0.29) is 6.04 Å². The number of rotatable bonds is 3. The van der Waals surface area contributed by atoms with Crippen molar-refractivity contribution in [1.82, 2.24) is 4.98 Å². The molecule has 1 saturated carbocycles. The lowest BCUT2D eigenvalue weighted by Gasteiger charge is -2.09. The lowest BCUT2D eigenvalue weighted by atomic mass is 10.0. The second-order valence-electron chi connectivity index (χ2n) is 4.52. The van der Waals surface area contributed by atoms with Gasteiger partial charge in [0.15, 0.2) is 0 Å². The molecule has 1 unspecified atom stereocenters. The number of H-pyrrole nitrogens is 1. The summed E-state index contributed by atoms with van der Waals surface area (Å²) in [6, 6.07) is 6.23. The Balaban J connectivity index is 2.09. The van der Waals surface area contributed by atoms with E-state index in [9.17, 15) is 0 Å². The molecule has 16 heavy (non-hydrogen) atoms. The molecule has 3 N–H and O–H groups in total. The van der Waals surface area contributed by atoms with E-state index in [0.717, 1.165) is 11.3 Å². The van der Waals surface area contributed by atoms with Crippen LogP contribution in [0, 0.1) is 5.92 Å². The number of nitrogens with one attached hydrogen (secondary N) is 1. The maximum atomic E-state index is 6.24. The van der Waals surface area contributed by atoms with Crippen LogP contribution in [0.15, 0.2) is 24.4 Å². The molecule has 3 nitrogen and oxygen atoms in total. The highest BCUT2D eigenvalue weighted by Gasteiger charge is 2.30. The quantitative estimate of drug-likeness (QED) is 0.828. The topological polar surface area (TPSA) is 51.0 Å². The number of nitrogens with two attached hydrogens (primary N) is 1. The standard InChI is InChI=1S/C13H16N2O/c1-16-9-4-5-12-10(6-9)11(7-15-12)13(14)8-2-3-8/h4-8,13,15H,2-3,14H2,1H3. The SMILES string of the molecule is COc1ccc2[nH]cc(C(N)C3CC3)c2c1. The minimum atomic E-state index is 0.167. The van der Waals surface area contributed by atoms with Crippen LogP contribution >= 0.6 is 0 Å². The molecule has 0 amide bonds. The monoisotopic (exact) mass is 216 g/mol. The molecular formula is C13H16N2O. The van der Waals surface area contributed by atoms with Gasteiger partial charge < -0.3 is 15.5 Å². The first-order valence-electron chi connectivity index (χ1n) is 5.70. The molecule has 1 atom stereocenters. The lowest BCUT2D eigenvalue weighted by Crippen LogP contribution is -2.11. The van der Waals surface area contributed by atoms with Crippen LogP contribution in [0.2, 0.25) is 0 Å². The van der Waals surface area contributed by atoms with Gasteiger partial charge >= 0.3 is 0 Å². The Kier molecular flexibility index (Phi) is 2.14. The number of aromatic nitrogens is 1. The molecule has 0 bridgehead atoms. The van der Waals surface area contributed by atoms with Crippen LogP contribution in [-0.2, 0) is 0 Å². The van der Waals surface area contributed by atoms with Gasteiger partial charge in [-0.2, -0.15) is 0 Å². The van der Waals surface area contributed by atoms with Gasteiger partial charge in [0.25, 0.3) is 0 Å². The summed E-state index contributed by atoms with van der Waals surface area (Å²) in [4.78, 5) is 3.27. The van der Waals surface area contributed by atoms with Crippen molar-refractivity contribution in [2.75, 3.05) is 7.11 Å². The first kappa shape index (κ1) is 9.73. The predicted molar refractivity (Wildman–Crippen MR) is 64.5 cm³/mol. The normalized spacial score (nSPS) is 17.6. The van der Waals surface area contributed by atoms with Gasteiger partial charge in [0.1, 0.15) is 5.75 Å². The second kappa shape index (κ2) is 3.52. The summed E-state index contributed by atoms with van der Waals surface area (Å²) in [5, 5.41) is 1.19. The van der Waals surface area contributed by atoms with E-state index in [1.807, 2.05) is 18.3 Å². The van der Waals surface area contributed by atoms with Gasteiger partial charge in [-0.1, -0.05) is 0 Å². The van der Waals surface area contributed by atoms with E-state index < -0.39 is 0 Å². The molecule has 3 rings (SSSR count). The van der Waals surface area contributed by atoms with Crippen molar-refractivity contribution in [2.24, 2.45) is 11.7 Å². The molecule has 0 saturated heterocycles. The van der Waals surface area contributed by atoms with E-state index in [1.165, 1.54) is 23.8 Å². The van der Waals surface area contributed by atoms with Gasteiger partial charge in [-0.25, -0.2) is 0 Å². The smallest absolute Gasteiger partial charge is 0.119 e. The highest BCUT2D eigenvalue weighted by molar-refractivity contribution is 5.85. The Bertz CT molecular complexity index is 514. The third-order valence-corrected chi connectivity index (χ3v) is 3.41.